The minimum absolute atomic E-state index is 0.111. The fourth-order valence-electron chi connectivity index (χ4n) is 4.51. The summed E-state index contributed by atoms with van der Waals surface area (Å²) in [5.74, 6) is -0.221. The van der Waals surface area contributed by atoms with Gasteiger partial charge < -0.3 is 15.8 Å². The second-order valence-corrected chi connectivity index (χ2v) is 8.17. The molecule has 156 valence electrons. The SMILES string of the molecule is COC/C1=C(C)/C=C(\C)[C@H](C)/C(=C2/CCCc3c(C)c(F)cc(N)c32)CNC1=O. The Balaban J connectivity index is 2.16. The number of nitrogens with two attached hydrogens (primary N) is 1. The predicted octanol–water partition coefficient (Wildman–Crippen LogP) is 4.48. The van der Waals surface area contributed by atoms with Crippen LogP contribution in [0.2, 0.25) is 0 Å². The first kappa shape index (κ1) is 21.3. The zero-order valence-electron chi connectivity index (χ0n) is 18.0. The molecule has 0 fully saturated rings. The van der Waals surface area contributed by atoms with Gasteiger partial charge in [-0.15, -0.1) is 0 Å². The van der Waals surface area contributed by atoms with Gasteiger partial charge in [0.15, 0.2) is 0 Å². The number of amides is 1. The zero-order chi connectivity index (χ0) is 21.3. The van der Waals surface area contributed by atoms with Gasteiger partial charge in [-0.25, -0.2) is 4.39 Å². The van der Waals surface area contributed by atoms with Gasteiger partial charge in [0.05, 0.1) is 6.61 Å². The molecule has 1 aromatic carbocycles. The summed E-state index contributed by atoms with van der Waals surface area (Å²) in [4.78, 5) is 12.8. The van der Waals surface area contributed by atoms with E-state index in [9.17, 15) is 9.18 Å². The Morgan fingerprint density at radius 3 is 2.69 bits per heavy atom. The van der Waals surface area contributed by atoms with Gasteiger partial charge in [-0.3, -0.25) is 4.79 Å². The van der Waals surface area contributed by atoms with E-state index in [0.717, 1.165) is 47.1 Å². The molecule has 4 nitrogen and oxygen atoms in total. The number of methoxy groups -OCH3 is 1. The summed E-state index contributed by atoms with van der Waals surface area (Å²) in [6.45, 7) is 8.74. The number of nitrogen functional groups attached to an aromatic ring is 1. The maximum Gasteiger partial charge on any atom is 0.250 e. The highest BCUT2D eigenvalue weighted by molar-refractivity contribution is 5.95. The van der Waals surface area contributed by atoms with E-state index in [1.165, 1.54) is 11.6 Å². The third-order valence-electron chi connectivity index (χ3n) is 6.35. The predicted molar refractivity (Wildman–Crippen MR) is 116 cm³/mol. The van der Waals surface area contributed by atoms with Gasteiger partial charge in [0.2, 0.25) is 5.91 Å². The highest BCUT2D eigenvalue weighted by Gasteiger charge is 2.27. The first-order chi connectivity index (χ1) is 13.8. The molecule has 2 aliphatic rings. The molecule has 0 saturated carbocycles. The normalized spacial score (nSPS) is 27.3. The molecular weight excluding hydrogens is 367 g/mol. The Kier molecular flexibility index (Phi) is 6.27. The number of hydrogen-bond donors (Lipinski definition) is 2. The van der Waals surface area contributed by atoms with Gasteiger partial charge in [0.25, 0.3) is 0 Å². The maximum atomic E-state index is 14.3. The van der Waals surface area contributed by atoms with E-state index in [-0.39, 0.29) is 24.2 Å². The van der Waals surface area contributed by atoms with E-state index in [4.69, 9.17) is 10.5 Å². The fourth-order valence-corrected chi connectivity index (χ4v) is 4.51. The van der Waals surface area contributed by atoms with Gasteiger partial charge >= 0.3 is 0 Å². The third kappa shape index (κ3) is 4.01. The second kappa shape index (κ2) is 8.54. The lowest BCUT2D eigenvalue weighted by atomic mass is 9.78. The number of benzene rings is 1. The zero-order valence-corrected chi connectivity index (χ0v) is 18.0. The molecule has 0 aromatic heterocycles. The van der Waals surface area contributed by atoms with Crippen molar-refractivity contribution in [3.63, 3.8) is 0 Å². The van der Waals surface area contributed by atoms with E-state index >= 15 is 0 Å². The number of fused-ring (bicyclic) bond motifs is 1. The van der Waals surface area contributed by atoms with Crippen LogP contribution in [0.5, 0.6) is 0 Å². The average Bonchev–Trinajstić information content (AvgIpc) is 2.72. The Bertz CT molecular complexity index is 941. The fraction of sp³-hybridized carbons (Fsp3) is 0.458. The number of carbonyl (C=O) groups is 1. The van der Waals surface area contributed by atoms with Crippen molar-refractivity contribution >= 4 is 17.2 Å². The summed E-state index contributed by atoms with van der Waals surface area (Å²) in [5, 5.41) is 3.08. The highest BCUT2D eigenvalue weighted by atomic mass is 19.1. The van der Waals surface area contributed by atoms with Crippen molar-refractivity contribution < 1.29 is 13.9 Å². The van der Waals surface area contributed by atoms with Crippen LogP contribution in [-0.2, 0) is 16.0 Å². The van der Waals surface area contributed by atoms with Crippen LogP contribution in [0.1, 0.15) is 50.3 Å². The van der Waals surface area contributed by atoms with E-state index < -0.39 is 0 Å². The minimum Gasteiger partial charge on any atom is -0.398 e. The summed E-state index contributed by atoms with van der Waals surface area (Å²) in [5.41, 5.74) is 14.5. The van der Waals surface area contributed by atoms with Crippen LogP contribution in [-0.4, -0.2) is 26.2 Å². The van der Waals surface area contributed by atoms with Crippen LogP contribution < -0.4 is 11.1 Å². The molecule has 1 atom stereocenters. The van der Waals surface area contributed by atoms with Gasteiger partial charge in [-0.05, 0) is 73.9 Å². The molecule has 5 heteroatoms. The van der Waals surface area contributed by atoms with Crippen LogP contribution >= 0.6 is 0 Å². The molecule has 1 aliphatic heterocycles. The quantitative estimate of drug-likeness (QED) is 0.722. The molecule has 0 spiro atoms. The van der Waals surface area contributed by atoms with Crippen molar-refractivity contribution in [2.24, 2.45) is 5.92 Å². The van der Waals surface area contributed by atoms with Gasteiger partial charge in [-0.1, -0.05) is 18.6 Å². The molecule has 0 radical (unpaired) electrons. The Morgan fingerprint density at radius 2 is 2.00 bits per heavy atom. The van der Waals surface area contributed by atoms with Crippen LogP contribution in [0.4, 0.5) is 10.1 Å². The number of halogens is 1. The smallest absolute Gasteiger partial charge is 0.250 e. The molecule has 3 rings (SSSR count). The van der Waals surface area contributed by atoms with Crippen molar-refractivity contribution in [1.82, 2.24) is 5.32 Å². The van der Waals surface area contributed by atoms with Crippen molar-refractivity contribution in [3.05, 3.63) is 56.9 Å². The molecule has 1 aliphatic carbocycles. The van der Waals surface area contributed by atoms with Crippen LogP contribution in [0.3, 0.4) is 0 Å². The van der Waals surface area contributed by atoms with Crippen molar-refractivity contribution in [2.45, 2.75) is 47.0 Å². The Hall–Kier alpha value is -2.40. The molecule has 0 saturated heterocycles. The molecule has 1 aromatic rings. The number of anilines is 1. The van der Waals surface area contributed by atoms with Crippen molar-refractivity contribution in [3.8, 4) is 0 Å². The number of rotatable bonds is 2. The summed E-state index contributed by atoms with van der Waals surface area (Å²) in [7, 11) is 1.59. The standard InChI is InChI=1S/C24H31FN2O2/c1-13-9-14(2)20(12-29-5)24(28)27-11-19(15(13)3)18-8-6-7-17-16(4)21(25)10-22(26)23(17)18/h9-10,15H,6-8,11-12,26H2,1-5H3,(H,27,28)/b13-9+,19-18-,20-14-/t15-/m0/s1. The number of hydrogen-bond acceptors (Lipinski definition) is 3. The van der Waals surface area contributed by atoms with Gasteiger partial charge in [0.1, 0.15) is 5.82 Å². The molecule has 1 amide bonds. The molecule has 0 bridgehead atoms. The lowest BCUT2D eigenvalue weighted by Gasteiger charge is -2.29. The molecule has 0 unspecified atom stereocenters. The highest BCUT2D eigenvalue weighted by Crippen LogP contribution is 2.42. The Labute approximate surface area is 172 Å². The van der Waals surface area contributed by atoms with Crippen LogP contribution in [0.25, 0.3) is 5.57 Å². The molecular formula is C24H31FN2O2. The Morgan fingerprint density at radius 1 is 1.28 bits per heavy atom. The van der Waals surface area contributed by atoms with E-state index in [1.807, 2.05) is 13.8 Å². The minimum atomic E-state index is -0.247. The number of carbonyl (C=O) groups excluding carboxylic acids is 1. The maximum absolute atomic E-state index is 14.3. The largest absolute Gasteiger partial charge is 0.398 e. The monoisotopic (exact) mass is 398 g/mol. The van der Waals surface area contributed by atoms with Crippen LogP contribution in [0, 0.1) is 18.7 Å². The lowest BCUT2D eigenvalue weighted by Crippen LogP contribution is -2.30. The molecule has 1 heterocycles. The first-order valence-electron chi connectivity index (χ1n) is 10.2. The molecule has 3 N–H and O–H groups in total. The summed E-state index contributed by atoms with van der Waals surface area (Å²) in [6.07, 6.45) is 4.73. The number of ether oxygens (including phenoxy) is 1. The van der Waals surface area contributed by atoms with Gasteiger partial charge in [0, 0.05) is 36.4 Å². The average molecular weight is 399 g/mol. The summed E-state index contributed by atoms with van der Waals surface area (Å²) >= 11 is 0. The topological polar surface area (TPSA) is 64.3 Å². The van der Waals surface area contributed by atoms with E-state index in [1.54, 1.807) is 7.11 Å². The molecule has 29 heavy (non-hydrogen) atoms. The lowest BCUT2D eigenvalue weighted by molar-refractivity contribution is -0.117. The van der Waals surface area contributed by atoms with E-state index in [2.05, 4.69) is 25.2 Å². The summed E-state index contributed by atoms with van der Waals surface area (Å²) < 4.78 is 19.5. The third-order valence-corrected chi connectivity index (χ3v) is 6.35. The van der Waals surface area contributed by atoms with Gasteiger partial charge in [-0.2, -0.15) is 0 Å². The second-order valence-electron chi connectivity index (χ2n) is 8.17. The first-order valence-corrected chi connectivity index (χ1v) is 10.2. The van der Waals surface area contributed by atoms with Crippen molar-refractivity contribution in [1.29, 1.82) is 0 Å². The van der Waals surface area contributed by atoms with Crippen molar-refractivity contribution in [2.75, 3.05) is 26.0 Å². The van der Waals surface area contributed by atoms with E-state index in [0.29, 0.717) is 23.4 Å². The number of allylic oxidation sites excluding steroid dienone is 4. The van der Waals surface area contributed by atoms with Crippen LogP contribution in [0.15, 0.2) is 34.4 Å². The number of nitrogens with one attached hydrogen (secondary N) is 1. The summed E-state index contributed by atoms with van der Waals surface area (Å²) in [6, 6.07) is 1.43.